The molecule has 0 radical (unpaired) electrons. The number of allylic oxidation sites excluding steroid dienone is 1. The van der Waals surface area contributed by atoms with Crippen molar-refractivity contribution in [3.8, 4) is 11.5 Å². The second-order valence-electron chi connectivity index (χ2n) is 11.0. The maximum absolute atomic E-state index is 12.9. The molecule has 6 unspecified atom stereocenters. The van der Waals surface area contributed by atoms with Crippen molar-refractivity contribution in [3.05, 3.63) is 82.5 Å². The van der Waals surface area contributed by atoms with Crippen molar-refractivity contribution in [2.24, 2.45) is 5.92 Å². The highest BCUT2D eigenvalue weighted by molar-refractivity contribution is 7.75. The molecule has 2 aromatic rings. The second-order valence-corrected chi connectivity index (χ2v) is 11.8. The summed E-state index contributed by atoms with van der Waals surface area (Å²) < 4.78 is 37.0. The van der Waals surface area contributed by atoms with Gasteiger partial charge < -0.3 is 14.4 Å². The van der Waals surface area contributed by atoms with Gasteiger partial charge in [0.15, 0.2) is 11.5 Å². The van der Waals surface area contributed by atoms with Gasteiger partial charge >= 0.3 is 11.4 Å². The highest BCUT2D eigenvalue weighted by Crippen LogP contribution is 2.62. The number of hydrogen-bond acceptors (Lipinski definition) is 6. The molecule has 2 bridgehead atoms. The number of fused-ring (bicyclic) bond motifs is 1. The first-order valence-corrected chi connectivity index (χ1v) is 14.3. The van der Waals surface area contributed by atoms with Crippen molar-refractivity contribution in [2.75, 3.05) is 27.3 Å². The van der Waals surface area contributed by atoms with Crippen molar-refractivity contribution in [1.29, 1.82) is 0 Å². The van der Waals surface area contributed by atoms with Crippen LogP contribution in [0.1, 0.15) is 35.1 Å². The Balaban J connectivity index is 1.07. The van der Waals surface area contributed by atoms with Crippen LogP contribution >= 0.6 is 0 Å². The lowest BCUT2D eigenvalue weighted by atomic mass is 9.53. The van der Waals surface area contributed by atoms with Crippen molar-refractivity contribution < 1.29 is 22.0 Å². The zero-order valence-electron chi connectivity index (χ0n) is 21.4. The fraction of sp³-hybridized carbons (Fsp3) is 0.467. The maximum atomic E-state index is 12.9. The van der Waals surface area contributed by atoms with Gasteiger partial charge in [0.05, 0.1) is 13.7 Å². The first-order chi connectivity index (χ1) is 18.1. The van der Waals surface area contributed by atoms with Crippen LogP contribution in [0.2, 0.25) is 0 Å². The van der Waals surface area contributed by atoms with Crippen LogP contribution < -0.4 is 9.47 Å². The number of rotatable bonds is 7. The Kier molecular flexibility index (Phi) is 5.81. The van der Waals surface area contributed by atoms with Gasteiger partial charge in [-0.25, -0.2) is 0 Å². The molecule has 1 fully saturated rings. The standard InChI is InChI=1S/C30H33NO5S/c1-31-15-14-30-23-10-12-26(29(30)35-28-25(33-2)11-9-22(27(28)30)18-24(23)31)36-37(32)34-16-13-19-7-8-20-5-3-4-6-21(20)17-19/h3-7,9-12,23-24,26,29H,8,13-18H2,1-2H3. The van der Waals surface area contributed by atoms with Crippen LogP contribution in [0.15, 0.2) is 60.2 Å². The quantitative estimate of drug-likeness (QED) is 0.511. The molecule has 37 heavy (non-hydrogen) atoms. The number of benzene rings is 2. The van der Waals surface area contributed by atoms with E-state index in [1.165, 1.54) is 27.8 Å². The van der Waals surface area contributed by atoms with Crippen LogP contribution in [0.5, 0.6) is 11.5 Å². The van der Waals surface area contributed by atoms with Gasteiger partial charge in [-0.2, -0.15) is 4.21 Å². The van der Waals surface area contributed by atoms with E-state index in [9.17, 15) is 4.21 Å². The summed E-state index contributed by atoms with van der Waals surface area (Å²) in [6, 6.07) is 13.2. The molecule has 1 spiro atoms. The molecule has 0 saturated carbocycles. The summed E-state index contributed by atoms with van der Waals surface area (Å²) in [5, 5.41) is 0. The van der Waals surface area contributed by atoms with Crippen LogP contribution in [-0.4, -0.2) is 54.7 Å². The Morgan fingerprint density at radius 3 is 2.86 bits per heavy atom. The minimum Gasteiger partial charge on any atom is -0.493 e. The van der Waals surface area contributed by atoms with Crippen LogP contribution in [0.3, 0.4) is 0 Å². The third kappa shape index (κ3) is 3.66. The summed E-state index contributed by atoms with van der Waals surface area (Å²) in [4.78, 5) is 2.48. The number of piperidine rings is 1. The molecule has 7 heteroatoms. The van der Waals surface area contributed by atoms with E-state index in [1.54, 1.807) is 7.11 Å². The van der Waals surface area contributed by atoms with Gasteiger partial charge in [0.25, 0.3) is 0 Å². The number of ether oxygens (including phenoxy) is 2. The molecule has 6 nitrogen and oxygen atoms in total. The maximum Gasteiger partial charge on any atom is 0.305 e. The predicted molar refractivity (Wildman–Crippen MR) is 142 cm³/mol. The molecule has 194 valence electrons. The smallest absolute Gasteiger partial charge is 0.305 e. The molecule has 0 aromatic heterocycles. The number of hydrogen-bond donors (Lipinski definition) is 0. The molecular formula is C30H33NO5S. The molecule has 2 aliphatic heterocycles. The van der Waals surface area contributed by atoms with Crippen LogP contribution in [0.25, 0.3) is 0 Å². The third-order valence-corrected chi connectivity index (χ3v) is 10.0. The van der Waals surface area contributed by atoms with E-state index in [4.69, 9.17) is 17.8 Å². The van der Waals surface area contributed by atoms with E-state index in [1.807, 2.05) is 12.1 Å². The van der Waals surface area contributed by atoms with Gasteiger partial charge in [-0.15, -0.1) is 0 Å². The van der Waals surface area contributed by atoms with Crippen molar-refractivity contribution in [3.63, 3.8) is 0 Å². The monoisotopic (exact) mass is 519 g/mol. The summed E-state index contributed by atoms with van der Waals surface area (Å²) in [5.41, 5.74) is 6.50. The summed E-state index contributed by atoms with van der Waals surface area (Å²) in [6.07, 6.45) is 10.5. The summed E-state index contributed by atoms with van der Waals surface area (Å²) in [5.74, 6) is 1.93. The van der Waals surface area contributed by atoms with Crippen LogP contribution in [-0.2, 0) is 44.4 Å². The van der Waals surface area contributed by atoms with Crippen LogP contribution in [0, 0.1) is 5.92 Å². The molecule has 3 aliphatic carbocycles. The van der Waals surface area contributed by atoms with Crippen molar-refractivity contribution >= 4 is 11.4 Å². The van der Waals surface area contributed by atoms with E-state index >= 15 is 0 Å². The number of nitrogens with zero attached hydrogens (tertiary/aromatic N) is 1. The number of methoxy groups -OCH3 is 1. The number of likely N-dealkylation sites (N-methyl/N-ethyl adjacent to an activating group) is 1. The van der Waals surface area contributed by atoms with Gasteiger partial charge in [0, 0.05) is 22.9 Å². The van der Waals surface area contributed by atoms with Gasteiger partial charge in [-0.3, -0.25) is 8.37 Å². The Morgan fingerprint density at radius 2 is 2.00 bits per heavy atom. The van der Waals surface area contributed by atoms with E-state index in [2.05, 4.69) is 54.4 Å². The van der Waals surface area contributed by atoms with E-state index in [-0.39, 0.29) is 11.5 Å². The zero-order chi connectivity index (χ0) is 25.1. The van der Waals surface area contributed by atoms with Gasteiger partial charge in [-0.05, 0) is 68.5 Å². The lowest BCUT2D eigenvalue weighted by Gasteiger charge is -2.56. The molecule has 0 amide bonds. The first-order valence-electron chi connectivity index (χ1n) is 13.3. The summed E-state index contributed by atoms with van der Waals surface area (Å²) >= 11 is -1.87. The topological polar surface area (TPSA) is 57.2 Å². The second kappa shape index (κ2) is 9.09. The van der Waals surface area contributed by atoms with Crippen molar-refractivity contribution in [2.45, 2.75) is 55.8 Å². The molecule has 7 rings (SSSR count). The SMILES string of the molecule is COc1ccc2c3c1OC1C(OS(=O)OCCC4=CCc5ccccc5C4)C=CC4C(C2)N(C)CCC341. The Labute approximate surface area is 221 Å². The Morgan fingerprint density at radius 1 is 1.14 bits per heavy atom. The lowest BCUT2D eigenvalue weighted by Crippen LogP contribution is -2.65. The third-order valence-electron chi connectivity index (χ3n) is 9.27. The molecule has 2 aromatic carbocycles. The average Bonchev–Trinajstić information content (AvgIpc) is 3.27. The molecule has 5 aliphatic rings. The molecule has 0 N–H and O–H groups in total. The normalized spacial score (nSPS) is 31.7. The largest absolute Gasteiger partial charge is 0.493 e. The molecule has 1 saturated heterocycles. The first kappa shape index (κ1) is 23.7. The fourth-order valence-corrected chi connectivity index (χ4v) is 8.12. The predicted octanol–water partition coefficient (Wildman–Crippen LogP) is 4.24. The van der Waals surface area contributed by atoms with Gasteiger partial charge in [-0.1, -0.05) is 54.1 Å². The van der Waals surface area contributed by atoms with Crippen molar-refractivity contribution in [1.82, 2.24) is 4.90 Å². The van der Waals surface area contributed by atoms with E-state index in [0.717, 1.165) is 50.1 Å². The Bertz CT molecular complexity index is 1320. The van der Waals surface area contributed by atoms with E-state index < -0.39 is 17.5 Å². The zero-order valence-corrected chi connectivity index (χ0v) is 22.2. The lowest BCUT2D eigenvalue weighted by molar-refractivity contribution is -0.0378. The molecule has 2 heterocycles. The minimum atomic E-state index is -1.87. The summed E-state index contributed by atoms with van der Waals surface area (Å²) in [6.45, 7) is 1.36. The molecular weight excluding hydrogens is 486 g/mol. The van der Waals surface area contributed by atoms with Crippen LogP contribution in [0.4, 0.5) is 0 Å². The fourth-order valence-electron chi connectivity index (χ4n) is 7.50. The Hall–Kier alpha value is -2.45. The summed E-state index contributed by atoms with van der Waals surface area (Å²) in [7, 11) is 3.91. The highest BCUT2D eigenvalue weighted by atomic mass is 32.2. The minimum absolute atomic E-state index is 0.196. The average molecular weight is 520 g/mol. The number of likely N-dealkylation sites (tertiary alicyclic amines) is 1. The van der Waals surface area contributed by atoms with E-state index in [0.29, 0.717) is 18.6 Å². The molecule has 6 atom stereocenters. The van der Waals surface area contributed by atoms with Gasteiger partial charge in [0.2, 0.25) is 0 Å². The van der Waals surface area contributed by atoms with Gasteiger partial charge in [0.1, 0.15) is 12.2 Å². The highest BCUT2D eigenvalue weighted by Gasteiger charge is 2.65.